The molecule has 2 rings (SSSR count). The van der Waals surface area contributed by atoms with Crippen molar-refractivity contribution in [3.8, 4) is 0 Å². The van der Waals surface area contributed by atoms with Gasteiger partial charge in [-0.2, -0.15) is 0 Å². The highest BCUT2D eigenvalue weighted by Crippen LogP contribution is 2.39. The van der Waals surface area contributed by atoms with Gasteiger partial charge in [-0.15, -0.1) is 0 Å². The maximum Gasteiger partial charge on any atom is 0.223 e. The molecule has 0 radical (unpaired) electrons. The van der Waals surface area contributed by atoms with Crippen LogP contribution in [0.2, 0.25) is 0 Å². The van der Waals surface area contributed by atoms with E-state index in [0.717, 1.165) is 39.0 Å². The van der Waals surface area contributed by atoms with Crippen molar-refractivity contribution < 1.29 is 4.79 Å². The van der Waals surface area contributed by atoms with Gasteiger partial charge in [0.1, 0.15) is 0 Å². The summed E-state index contributed by atoms with van der Waals surface area (Å²) in [4.78, 5) is 14.0. The van der Waals surface area contributed by atoms with Gasteiger partial charge in [-0.05, 0) is 37.8 Å². The summed E-state index contributed by atoms with van der Waals surface area (Å²) >= 11 is 0. The van der Waals surface area contributed by atoms with E-state index in [1.54, 1.807) is 0 Å². The monoisotopic (exact) mass is 210 g/mol. The lowest BCUT2D eigenvalue weighted by atomic mass is 9.78. The van der Waals surface area contributed by atoms with Crippen molar-refractivity contribution in [2.24, 2.45) is 5.41 Å². The van der Waals surface area contributed by atoms with Gasteiger partial charge >= 0.3 is 0 Å². The second-order valence-electron chi connectivity index (χ2n) is 5.10. The molecule has 1 N–H and O–H groups in total. The Morgan fingerprint density at radius 2 is 2.13 bits per heavy atom. The molecular weight excluding hydrogens is 188 g/mol. The second kappa shape index (κ2) is 4.52. The lowest BCUT2D eigenvalue weighted by molar-refractivity contribution is -0.127. The summed E-state index contributed by atoms with van der Waals surface area (Å²) in [6, 6.07) is 0. The van der Waals surface area contributed by atoms with Crippen molar-refractivity contribution >= 4 is 5.91 Å². The summed E-state index contributed by atoms with van der Waals surface area (Å²) in [6.07, 6.45) is 5.50. The van der Waals surface area contributed by atoms with Crippen LogP contribution in [-0.2, 0) is 4.79 Å². The number of unbranched alkanes of at least 4 members (excludes halogenated alkanes) is 1. The van der Waals surface area contributed by atoms with E-state index >= 15 is 0 Å². The Kier molecular flexibility index (Phi) is 3.29. The van der Waals surface area contributed by atoms with E-state index in [4.69, 9.17) is 0 Å². The number of amides is 1. The summed E-state index contributed by atoms with van der Waals surface area (Å²) < 4.78 is 0. The van der Waals surface area contributed by atoms with Crippen molar-refractivity contribution in [2.45, 2.75) is 39.0 Å². The maximum atomic E-state index is 11.9. The van der Waals surface area contributed by atoms with Crippen LogP contribution >= 0.6 is 0 Å². The SMILES string of the molecule is CCCCN1CC2(CCNCC2)CC1=O. The third kappa shape index (κ3) is 2.33. The van der Waals surface area contributed by atoms with Crippen LogP contribution in [0.25, 0.3) is 0 Å². The largest absolute Gasteiger partial charge is 0.342 e. The van der Waals surface area contributed by atoms with Crippen molar-refractivity contribution in [3.05, 3.63) is 0 Å². The zero-order valence-electron chi connectivity index (χ0n) is 9.72. The number of nitrogens with zero attached hydrogens (tertiary/aromatic N) is 1. The van der Waals surface area contributed by atoms with Gasteiger partial charge in [-0.1, -0.05) is 13.3 Å². The molecule has 0 bridgehead atoms. The Bertz CT molecular complexity index is 234. The van der Waals surface area contributed by atoms with Gasteiger partial charge in [0.2, 0.25) is 5.91 Å². The number of piperidine rings is 1. The normalized spacial score (nSPS) is 25.1. The van der Waals surface area contributed by atoms with Crippen molar-refractivity contribution in [1.82, 2.24) is 10.2 Å². The van der Waals surface area contributed by atoms with Gasteiger partial charge in [-0.3, -0.25) is 4.79 Å². The van der Waals surface area contributed by atoms with E-state index in [9.17, 15) is 4.79 Å². The molecule has 1 amide bonds. The molecule has 2 saturated heterocycles. The standard InChI is InChI=1S/C12H22N2O/c1-2-3-8-14-10-12(9-11(14)15)4-6-13-7-5-12/h13H,2-10H2,1H3. The summed E-state index contributed by atoms with van der Waals surface area (Å²) in [7, 11) is 0. The zero-order chi connectivity index (χ0) is 10.7. The van der Waals surface area contributed by atoms with Gasteiger partial charge in [0, 0.05) is 19.5 Å². The Balaban J connectivity index is 1.92. The maximum absolute atomic E-state index is 11.9. The van der Waals surface area contributed by atoms with Crippen LogP contribution in [-0.4, -0.2) is 37.0 Å². The van der Waals surface area contributed by atoms with Gasteiger partial charge in [0.25, 0.3) is 0 Å². The highest BCUT2D eigenvalue weighted by molar-refractivity contribution is 5.79. The molecule has 0 unspecified atom stereocenters. The lowest BCUT2D eigenvalue weighted by Crippen LogP contribution is -2.38. The van der Waals surface area contributed by atoms with Crippen LogP contribution in [0.3, 0.4) is 0 Å². The van der Waals surface area contributed by atoms with E-state index in [-0.39, 0.29) is 0 Å². The number of carbonyl (C=O) groups is 1. The van der Waals surface area contributed by atoms with Crippen LogP contribution in [0.15, 0.2) is 0 Å². The molecule has 0 aromatic heterocycles. The first-order chi connectivity index (χ1) is 7.26. The molecule has 0 aromatic rings. The smallest absolute Gasteiger partial charge is 0.223 e. The molecule has 3 heteroatoms. The first kappa shape index (κ1) is 10.9. The molecule has 86 valence electrons. The molecule has 15 heavy (non-hydrogen) atoms. The number of nitrogens with one attached hydrogen (secondary N) is 1. The lowest BCUT2D eigenvalue weighted by Gasteiger charge is -2.33. The first-order valence-corrected chi connectivity index (χ1v) is 6.24. The molecule has 0 atom stereocenters. The third-order valence-electron chi connectivity index (χ3n) is 3.85. The van der Waals surface area contributed by atoms with Gasteiger partial charge in [0.15, 0.2) is 0 Å². The topological polar surface area (TPSA) is 32.3 Å². The first-order valence-electron chi connectivity index (χ1n) is 6.24. The minimum absolute atomic E-state index is 0.329. The average Bonchev–Trinajstić information content (AvgIpc) is 2.53. The van der Waals surface area contributed by atoms with Gasteiger partial charge in [0.05, 0.1) is 0 Å². The third-order valence-corrected chi connectivity index (χ3v) is 3.85. The molecule has 2 heterocycles. The number of carbonyl (C=O) groups excluding carboxylic acids is 1. The highest BCUT2D eigenvalue weighted by atomic mass is 16.2. The quantitative estimate of drug-likeness (QED) is 0.763. The molecular formula is C12H22N2O. The Morgan fingerprint density at radius 1 is 1.40 bits per heavy atom. The molecule has 0 aromatic carbocycles. The number of hydrogen-bond acceptors (Lipinski definition) is 2. The number of likely N-dealkylation sites (tertiary alicyclic amines) is 1. The summed E-state index contributed by atoms with van der Waals surface area (Å²) in [6.45, 7) is 6.36. The predicted octanol–water partition coefficient (Wildman–Crippen LogP) is 1.39. The Hall–Kier alpha value is -0.570. The van der Waals surface area contributed by atoms with Crippen LogP contribution in [0.4, 0.5) is 0 Å². The molecule has 0 aliphatic carbocycles. The minimum Gasteiger partial charge on any atom is -0.342 e. The van der Waals surface area contributed by atoms with Crippen LogP contribution < -0.4 is 5.32 Å². The predicted molar refractivity (Wildman–Crippen MR) is 60.6 cm³/mol. The summed E-state index contributed by atoms with van der Waals surface area (Å²) in [5.74, 6) is 0.394. The molecule has 2 aliphatic rings. The number of rotatable bonds is 3. The molecule has 2 aliphatic heterocycles. The van der Waals surface area contributed by atoms with Crippen LogP contribution in [0.5, 0.6) is 0 Å². The Labute approximate surface area is 92.2 Å². The van der Waals surface area contributed by atoms with E-state index in [2.05, 4.69) is 17.1 Å². The minimum atomic E-state index is 0.329. The van der Waals surface area contributed by atoms with Crippen molar-refractivity contribution in [1.29, 1.82) is 0 Å². The molecule has 3 nitrogen and oxygen atoms in total. The fraction of sp³-hybridized carbons (Fsp3) is 0.917. The second-order valence-corrected chi connectivity index (χ2v) is 5.10. The zero-order valence-corrected chi connectivity index (χ0v) is 9.72. The van der Waals surface area contributed by atoms with Gasteiger partial charge < -0.3 is 10.2 Å². The van der Waals surface area contributed by atoms with Crippen LogP contribution in [0, 0.1) is 5.41 Å². The van der Waals surface area contributed by atoms with E-state index in [0.29, 0.717) is 11.3 Å². The van der Waals surface area contributed by atoms with E-state index < -0.39 is 0 Å². The van der Waals surface area contributed by atoms with Crippen molar-refractivity contribution in [3.63, 3.8) is 0 Å². The molecule has 0 saturated carbocycles. The summed E-state index contributed by atoms with van der Waals surface area (Å²) in [5.41, 5.74) is 0.329. The molecule has 1 spiro atoms. The molecule has 2 fully saturated rings. The summed E-state index contributed by atoms with van der Waals surface area (Å²) in [5, 5.41) is 3.38. The fourth-order valence-corrected chi connectivity index (χ4v) is 2.83. The fourth-order valence-electron chi connectivity index (χ4n) is 2.83. The Morgan fingerprint density at radius 3 is 2.80 bits per heavy atom. The van der Waals surface area contributed by atoms with Crippen LogP contribution in [0.1, 0.15) is 39.0 Å². The highest BCUT2D eigenvalue weighted by Gasteiger charge is 2.42. The average molecular weight is 210 g/mol. The van der Waals surface area contributed by atoms with E-state index in [1.807, 2.05) is 0 Å². The number of hydrogen-bond donors (Lipinski definition) is 1. The van der Waals surface area contributed by atoms with E-state index in [1.165, 1.54) is 19.3 Å². The van der Waals surface area contributed by atoms with Gasteiger partial charge in [-0.25, -0.2) is 0 Å². The van der Waals surface area contributed by atoms with Crippen molar-refractivity contribution in [2.75, 3.05) is 26.2 Å².